The number of aromatic hydroxyl groups is 2. The molecule has 2 aromatic carbocycles. The van der Waals surface area contributed by atoms with E-state index in [4.69, 9.17) is 5.11 Å². The number of aromatic nitrogens is 1. The molecule has 0 unspecified atom stereocenters. The monoisotopic (exact) mass is 301 g/mol. The van der Waals surface area contributed by atoms with Crippen LogP contribution in [0.2, 0.25) is 0 Å². The molecule has 21 heavy (non-hydrogen) atoms. The van der Waals surface area contributed by atoms with Crippen molar-refractivity contribution in [3.63, 3.8) is 0 Å². The van der Waals surface area contributed by atoms with Crippen molar-refractivity contribution in [1.29, 1.82) is 0 Å². The molecule has 0 saturated carbocycles. The van der Waals surface area contributed by atoms with Crippen LogP contribution in [0.1, 0.15) is 5.56 Å². The Morgan fingerprint density at radius 3 is 2.62 bits per heavy atom. The highest BCUT2D eigenvalue weighted by Crippen LogP contribution is 2.35. The van der Waals surface area contributed by atoms with Crippen molar-refractivity contribution in [2.75, 3.05) is 0 Å². The molecule has 0 radical (unpaired) electrons. The van der Waals surface area contributed by atoms with Gasteiger partial charge in [0.1, 0.15) is 5.01 Å². The Labute approximate surface area is 123 Å². The maximum atomic E-state index is 10.7. The van der Waals surface area contributed by atoms with E-state index < -0.39 is 5.97 Å². The van der Waals surface area contributed by atoms with Crippen molar-refractivity contribution in [1.82, 2.24) is 4.98 Å². The van der Waals surface area contributed by atoms with Crippen LogP contribution in [-0.2, 0) is 11.2 Å². The van der Waals surface area contributed by atoms with Crippen LogP contribution in [0.5, 0.6) is 11.5 Å². The maximum Gasteiger partial charge on any atom is 0.307 e. The summed E-state index contributed by atoms with van der Waals surface area (Å²) in [4.78, 5) is 15.2. The van der Waals surface area contributed by atoms with Gasteiger partial charge in [-0.05, 0) is 35.9 Å². The number of nitrogens with zero attached hydrogens (tertiary/aromatic N) is 1. The number of phenolic OH excluding ortho intramolecular Hbond substituents is 2. The molecular formula is C15H11NO4S. The molecule has 5 nitrogen and oxygen atoms in total. The Bertz CT molecular complexity index is 841. The fraction of sp³-hybridized carbons (Fsp3) is 0.0667. The van der Waals surface area contributed by atoms with Crippen molar-refractivity contribution in [2.24, 2.45) is 0 Å². The number of carboxylic acid groups (broad SMARTS) is 1. The molecular weight excluding hydrogens is 290 g/mol. The molecule has 0 aliphatic heterocycles. The SMILES string of the molecule is O=C(O)Cc1ccc2sc(-c3ccc(O)c(O)c3)nc2c1. The summed E-state index contributed by atoms with van der Waals surface area (Å²) in [7, 11) is 0. The van der Waals surface area contributed by atoms with Crippen molar-refractivity contribution in [3.05, 3.63) is 42.0 Å². The third-order valence-electron chi connectivity index (χ3n) is 3.03. The summed E-state index contributed by atoms with van der Waals surface area (Å²) in [6.45, 7) is 0. The summed E-state index contributed by atoms with van der Waals surface area (Å²) in [6, 6.07) is 9.90. The average molecular weight is 301 g/mol. The number of carboxylic acids is 1. The fourth-order valence-electron chi connectivity index (χ4n) is 2.04. The van der Waals surface area contributed by atoms with Crippen LogP contribution in [0.3, 0.4) is 0 Å². The van der Waals surface area contributed by atoms with Crippen molar-refractivity contribution >= 4 is 27.5 Å². The molecule has 1 aromatic heterocycles. The van der Waals surface area contributed by atoms with Gasteiger partial charge in [0.15, 0.2) is 11.5 Å². The smallest absolute Gasteiger partial charge is 0.307 e. The summed E-state index contributed by atoms with van der Waals surface area (Å²) < 4.78 is 0.937. The summed E-state index contributed by atoms with van der Waals surface area (Å²) in [5, 5.41) is 28.4. The number of fused-ring (bicyclic) bond motifs is 1. The van der Waals surface area contributed by atoms with Gasteiger partial charge in [-0.3, -0.25) is 4.79 Å². The molecule has 0 bridgehead atoms. The number of thiazole rings is 1. The van der Waals surface area contributed by atoms with Gasteiger partial charge < -0.3 is 15.3 Å². The first-order valence-electron chi connectivity index (χ1n) is 6.16. The number of hydrogen-bond acceptors (Lipinski definition) is 5. The molecule has 3 aromatic rings. The Morgan fingerprint density at radius 1 is 1.10 bits per heavy atom. The second kappa shape index (κ2) is 5.06. The van der Waals surface area contributed by atoms with Crippen LogP contribution in [0.15, 0.2) is 36.4 Å². The number of rotatable bonds is 3. The quantitative estimate of drug-likeness (QED) is 0.647. The summed E-state index contributed by atoms with van der Waals surface area (Å²) >= 11 is 1.44. The van der Waals surface area contributed by atoms with Gasteiger partial charge in [0.25, 0.3) is 0 Å². The van der Waals surface area contributed by atoms with Gasteiger partial charge in [0.2, 0.25) is 0 Å². The van der Waals surface area contributed by atoms with Crippen molar-refractivity contribution < 1.29 is 20.1 Å². The lowest BCUT2D eigenvalue weighted by molar-refractivity contribution is -0.136. The molecule has 0 aliphatic carbocycles. The predicted octanol–water partition coefficient (Wildman–Crippen LogP) is 3.00. The van der Waals surface area contributed by atoms with Crippen molar-refractivity contribution in [3.8, 4) is 22.1 Å². The molecule has 3 rings (SSSR count). The van der Waals surface area contributed by atoms with Crippen LogP contribution in [0, 0.1) is 0 Å². The summed E-state index contributed by atoms with van der Waals surface area (Å²) in [6.07, 6.45) is -0.0389. The first kappa shape index (κ1) is 13.4. The van der Waals surface area contributed by atoms with E-state index in [1.54, 1.807) is 18.2 Å². The zero-order valence-electron chi connectivity index (χ0n) is 10.8. The van der Waals surface area contributed by atoms with Crippen LogP contribution in [0.25, 0.3) is 20.8 Å². The number of hydrogen-bond donors (Lipinski definition) is 3. The Kier molecular flexibility index (Phi) is 3.23. The lowest BCUT2D eigenvalue weighted by atomic mass is 10.1. The standard InChI is InChI=1S/C15H11NO4S/c17-11-3-2-9(7-12(11)18)15-16-10-5-8(6-14(19)20)1-4-13(10)21-15/h1-5,7,17-18H,6H2,(H,19,20). The highest BCUT2D eigenvalue weighted by molar-refractivity contribution is 7.21. The van der Waals surface area contributed by atoms with Crippen LogP contribution >= 0.6 is 11.3 Å². The van der Waals surface area contributed by atoms with Gasteiger partial charge in [0.05, 0.1) is 16.6 Å². The highest BCUT2D eigenvalue weighted by atomic mass is 32.1. The first-order chi connectivity index (χ1) is 10.0. The molecule has 0 saturated heterocycles. The zero-order valence-corrected chi connectivity index (χ0v) is 11.6. The normalized spacial score (nSPS) is 10.9. The lowest BCUT2D eigenvalue weighted by Gasteiger charge is -1.99. The van der Waals surface area contributed by atoms with E-state index >= 15 is 0 Å². The number of phenols is 2. The van der Waals surface area contributed by atoms with E-state index in [-0.39, 0.29) is 17.9 Å². The van der Waals surface area contributed by atoms with Gasteiger partial charge in [-0.2, -0.15) is 0 Å². The van der Waals surface area contributed by atoms with Gasteiger partial charge >= 0.3 is 5.97 Å². The Hall–Kier alpha value is -2.60. The van der Waals surface area contributed by atoms with E-state index in [1.807, 2.05) is 6.07 Å². The first-order valence-corrected chi connectivity index (χ1v) is 6.98. The second-order valence-corrected chi connectivity index (χ2v) is 5.63. The van der Waals surface area contributed by atoms with Gasteiger partial charge in [-0.1, -0.05) is 6.07 Å². The molecule has 106 valence electrons. The van der Waals surface area contributed by atoms with E-state index in [0.717, 1.165) is 10.2 Å². The maximum absolute atomic E-state index is 10.7. The molecule has 3 N–H and O–H groups in total. The van der Waals surface area contributed by atoms with Gasteiger partial charge in [-0.15, -0.1) is 11.3 Å². The third-order valence-corrected chi connectivity index (χ3v) is 4.12. The van der Waals surface area contributed by atoms with E-state index in [0.29, 0.717) is 16.1 Å². The van der Waals surface area contributed by atoms with Crippen LogP contribution in [-0.4, -0.2) is 26.3 Å². The minimum Gasteiger partial charge on any atom is -0.504 e. The number of aliphatic carboxylic acids is 1. The fourth-order valence-corrected chi connectivity index (χ4v) is 2.98. The Balaban J connectivity index is 2.04. The molecule has 0 aliphatic rings. The lowest BCUT2D eigenvalue weighted by Crippen LogP contribution is -1.99. The minimum absolute atomic E-state index is 0.0389. The van der Waals surface area contributed by atoms with Crippen LogP contribution in [0.4, 0.5) is 0 Å². The molecule has 0 fully saturated rings. The van der Waals surface area contributed by atoms with Gasteiger partial charge in [0, 0.05) is 5.56 Å². The molecule has 6 heteroatoms. The number of benzene rings is 2. The van der Waals surface area contributed by atoms with E-state index in [2.05, 4.69) is 4.98 Å². The minimum atomic E-state index is -0.881. The predicted molar refractivity (Wildman–Crippen MR) is 79.7 cm³/mol. The molecule has 0 atom stereocenters. The Morgan fingerprint density at radius 2 is 1.90 bits per heavy atom. The van der Waals surface area contributed by atoms with E-state index in [9.17, 15) is 15.0 Å². The van der Waals surface area contributed by atoms with Gasteiger partial charge in [-0.25, -0.2) is 4.98 Å². The third kappa shape index (κ3) is 2.66. The number of carbonyl (C=O) groups is 1. The summed E-state index contributed by atoms with van der Waals surface area (Å²) in [5.41, 5.74) is 2.12. The van der Waals surface area contributed by atoms with Crippen LogP contribution < -0.4 is 0 Å². The van der Waals surface area contributed by atoms with Crippen molar-refractivity contribution in [2.45, 2.75) is 6.42 Å². The molecule has 0 amide bonds. The van der Waals surface area contributed by atoms with E-state index in [1.165, 1.54) is 23.5 Å². The molecule has 1 heterocycles. The summed E-state index contributed by atoms with van der Waals surface area (Å²) in [5.74, 6) is -1.25. The topological polar surface area (TPSA) is 90.7 Å². The zero-order chi connectivity index (χ0) is 15.0. The average Bonchev–Trinajstić information content (AvgIpc) is 2.84. The molecule has 0 spiro atoms. The second-order valence-electron chi connectivity index (χ2n) is 4.60. The highest BCUT2D eigenvalue weighted by Gasteiger charge is 2.10. The largest absolute Gasteiger partial charge is 0.504 e.